The first-order valence-corrected chi connectivity index (χ1v) is 4.29. The van der Waals surface area contributed by atoms with Gasteiger partial charge in [-0.2, -0.15) is 0 Å². The molecule has 1 atom stereocenters. The SMILES string of the molecule is Cl.N[C@@H](c1c(F)c(F)cc(F)c1F)C(F)(F)CO. The summed E-state index contributed by atoms with van der Waals surface area (Å²) in [5.74, 6) is -11.8. The molecule has 0 aliphatic carbocycles. The van der Waals surface area contributed by atoms with Crippen LogP contribution in [-0.2, 0) is 0 Å². The second-order valence-electron chi connectivity index (χ2n) is 3.28. The Hall–Kier alpha value is -0.990. The van der Waals surface area contributed by atoms with Crippen molar-refractivity contribution < 1.29 is 31.4 Å². The van der Waals surface area contributed by atoms with E-state index in [1.54, 1.807) is 0 Å². The number of rotatable bonds is 3. The van der Waals surface area contributed by atoms with Gasteiger partial charge in [-0.1, -0.05) is 0 Å². The van der Waals surface area contributed by atoms with Crippen LogP contribution in [0.5, 0.6) is 0 Å². The highest BCUT2D eigenvalue weighted by molar-refractivity contribution is 5.85. The summed E-state index contributed by atoms with van der Waals surface area (Å²) in [6, 6.07) is -2.82. The van der Waals surface area contributed by atoms with Crippen molar-refractivity contribution in [2.75, 3.05) is 6.61 Å². The molecule has 0 bridgehead atoms. The van der Waals surface area contributed by atoms with E-state index in [4.69, 9.17) is 10.8 Å². The van der Waals surface area contributed by atoms with Crippen LogP contribution in [0, 0.1) is 23.3 Å². The fourth-order valence-corrected chi connectivity index (χ4v) is 1.17. The first-order valence-electron chi connectivity index (χ1n) is 4.29. The van der Waals surface area contributed by atoms with Crippen molar-refractivity contribution in [1.82, 2.24) is 0 Å². The monoisotopic (exact) mass is 295 g/mol. The van der Waals surface area contributed by atoms with Crippen molar-refractivity contribution in [3.8, 4) is 0 Å². The number of benzene rings is 1. The molecule has 0 saturated carbocycles. The maximum absolute atomic E-state index is 13.1. The Balaban J connectivity index is 0.00000289. The first-order chi connectivity index (χ1) is 7.72. The summed E-state index contributed by atoms with van der Waals surface area (Å²) < 4.78 is 77.4. The van der Waals surface area contributed by atoms with Gasteiger partial charge in [-0.3, -0.25) is 0 Å². The fraction of sp³-hybridized carbons (Fsp3) is 0.333. The van der Waals surface area contributed by atoms with Gasteiger partial charge in [0.15, 0.2) is 23.3 Å². The average Bonchev–Trinajstić information content (AvgIpc) is 2.26. The molecule has 0 aromatic heterocycles. The topological polar surface area (TPSA) is 46.2 Å². The van der Waals surface area contributed by atoms with Crippen molar-refractivity contribution in [3.05, 3.63) is 34.9 Å². The Morgan fingerprint density at radius 1 is 1.11 bits per heavy atom. The smallest absolute Gasteiger partial charge is 0.289 e. The second-order valence-corrected chi connectivity index (χ2v) is 3.28. The lowest BCUT2D eigenvalue weighted by atomic mass is 10.00. The van der Waals surface area contributed by atoms with Gasteiger partial charge in [-0.05, 0) is 0 Å². The molecule has 104 valence electrons. The van der Waals surface area contributed by atoms with Gasteiger partial charge in [0.05, 0.1) is 5.56 Å². The minimum absolute atomic E-state index is 0. The largest absolute Gasteiger partial charge is 0.390 e. The quantitative estimate of drug-likeness (QED) is 0.664. The molecule has 2 nitrogen and oxygen atoms in total. The number of alkyl halides is 2. The molecule has 0 unspecified atom stereocenters. The van der Waals surface area contributed by atoms with Crippen LogP contribution < -0.4 is 5.73 Å². The van der Waals surface area contributed by atoms with Crippen molar-refractivity contribution in [1.29, 1.82) is 0 Å². The summed E-state index contributed by atoms with van der Waals surface area (Å²) in [4.78, 5) is 0. The number of hydrogen-bond acceptors (Lipinski definition) is 2. The molecule has 0 saturated heterocycles. The van der Waals surface area contributed by atoms with E-state index in [1.165, 1.54) is 0 Å². The normalized spacial score (nSPS) is 13.1. The van der Waals surface area contributed by atoms with Gasteiger partial charge in [0.1, 0.15) is 12.6 Å². The predicted octanol–water partition coefficient (Wildman–Crippen LogP) is 2.29. The van der Waals surface area contributed by atoms with Gasteiger partial charge < -0.3 is 10.8 Å². The predicted molar refractivity (Wildman–Crippen MR) is 52.5 cm³/mol. The van der Waals surface area contributed by atoms with Crippen LogP contribution in [0.1, 0.15) is 11.6 Å². The molecule has 0 fully saturated rings. The fourth-order valence-electron chi connectivity index (χ4n) is 1.17. The van der Waals surface area contributed by atoms with E-state index in [9.17, 15) is 26.3 Å². The van der Waals surface area contributed by atoms with Gasteiger partial charge in [-0.15, -0.1) is 12.4 Å². The molecule has 0 aliphatic rings. The van der Waals surface area contributed by atoms with Crippen LogP contribution in [-0.4, -0.2) is 17.6 Å². The van der Waals surface area contributed by atoms with Crippen molar-refractivity contribution in [2.24, 2.45) is 5.73 Å². The molecule has 18 heavy (non-hydrogen) atoms. The van der Waals surface area contributed by atoms with Gasteiger partial charge in [0.2, 0.25) is 0 Å². The van der Waals surface area contributed by atoms with Gasteiger partial charge in [-0.25, -0.2) is 26.3 Å². The summed E-state index contributed by atoms with van der Waals surface area (Å²) in [7, 11) is 0. The maximum atomic E-state index is 13.1. The average molecular weight is 296 g/mol. The zero-order valence-electron chi connectivity index (χ0n) is 8.56. The molecule has 0 heterocycles. The zero-order chi connectivity index (χ0) is 13.4. The Bertz CT molecular complexity index is 415. The Kier molecular flexibility index (Phi) is 5.45. The van der Waals surface area contributed by atoms with E-state index in [-0.39, 0.29) is 18.5 Å². The summed E-state index contributed by atoms with van der Waals surface area (Å²) in [5, 5.41) is 8.28. The van der Waals surface area contributed by atoms with Crippen LogP contribution in [0.3, 0.4) is 0 Å². The van der Waals surface area contributed by atoms with Crippen LogP contribution in [0.15, 0.2) is 6.07 Å². The maximum Gasteiger partial charge on any atom is 0.289 e. The molecule has 0 radical (unpaired) electrons. The summed E-state index contributed by atoms with van der Waals surface area (Å²) in [6.45, 7) is -1.81. The lowest BCUT2D eigenvalue weighted by molar-refractivity contribution is -0.0728. The van der Waals surface area contributed by atoms with E-state index < -0.39 is 47.4 Å². The Labute approximate surface area is 104 Å². The molecule has 0 spiro atoms. The molecule has 0 amide bonds. The lowest BCUT2D eigenvalue weighted by Crippen LogP contribution is -2.37. The van der Waals surface area contributed by atoms with E-state index >= 15 is 0 Å². The second kappa shape index (κ2) is 5.77. The molecule has 0 aliphatic heterocycles. The number of aliphatic hydroxyl groups is 1. The lowest BCUT2D eigenvalue weighted by Gasteiger charge is -2.22. The third kappa shape index (κ3) is 2.88. The Morgan fingerprint density at radius 3 is 1.83 bits per heavy atom. The summed E-state index contributed by atoms with van der Waals surface area (Å²) in [5.41, 5.74) is 3.16. The van der Waals surface area contributed by atoms with E-state index in [1.807, 2.05) is 0 Å². The highest BCUT2D eigenvalue weighted by Crippen LogP contribution is 2.33. The standard InChI is InChI=1S/C9H7F6NO.ClH/c10-3-1-4(11)7(13)5(6(3)12)8(16)9(14,15)2-17;/h1,8,17H,2,16H2;1H/t8-;/m0./s1. The van der Waals surface area contributed by atoms with Crippen molar-refractivity contribution >= 4 is 12.4 Å². The summed E-state index contributed by atoms with van der Waals surface area (Å²) >= 11 is 0. The van der Waals surface area contributed by atoms with E-state index in [0.29, 0.717) is 0 Å². The van der Waals surface area contributed by atoms with Crippen molar-refractivity contribution in [2.45, 2.75) is 12.0 Å². The molecule has 3 N–H and O–H groups in total. The van der Waals surface area contributed by atoms with Crippen molar-refractivity contribution in [3.63, 3.8) is 0 Å². The van der Waals surface area contributed by atoms with Crippen LogP contribution >= 0.6 is 12.4 Å². The summed E-state index contributed by atoms with van der Waals surface area (Å²) in [6.07, 6.45) is 0. The van der Waals surface area contributed by atoms with Gasteiger partial charge >= 0.3 is 0 Å². The van der Waals surface area contributed by atoms with E-state index in [0.717, 1.165) is 0 Å². The van der Waals surface area contributed by atoms with E-state index in [2.05, 4.69) is 0 Å². The zero-order valence-corrected chi connectivity index (χ0v) is 9.38. The highest BCUT2D eigenvalue weighted by Gasteiger charge is 2.41. The van der Waals surface area contributed by atoms with Crippen LogP contribution in [0.2, 0.25) is 0 Å². The number of nitrogens with two attached hydrogens (primary N) is 1. The third-order valence-corrected chi connectivity index (χ3v) is 2.12. The molecule has 1 rings (SSSR count). The first kappa shape index (κ1) is 17.0. The molecule has 9 heteroatoms. The van der Waals surface area contributed by atoms with Crippen LogP contribution in [0.4, 0.5) is 26.3 Å². The van der Waals surface area contributed by atoms with Crippen LogP contribution in [0.25, 0.3) is 0 Å². The minimum Gasteiger partial charge on any atom is -0.390 e. The Morgan fingerprint density at radius 2 is 1.50 bits per heavy atom. The number of halogens is 7. The third-order valence-electron chi connectivity index (χ3n) is 2.12. The van der Waals surface area contributed by atoms with Gasteiger partial charge in [0.25, 0.3) is 5.92 Å². The molecular weight excluding hydrogens is 288 g/mol. The molecule has 1 aromatic carbocycles. The number of aliphatic hydroxyl groups excluding tert-OH is 1. The molecular formula is C9H8ClF6NO. The highest BCUT2D eigenvalue weighted by atomic mass is 35.5. The minimum atomic E-state index is -4.11. The molecule has 1 aromatic rings. The van der Waals surface area contributed by atoms with Gasteiger partial charge in [0, 0.05) is 6.07 Å². The number of hydrogen-bond donors (Lipinski definition) is 2.